The summed E-state index contributed by atoms with van der Waals surface area (Å²) in [6.07, 6.45) is 1.71. The quantitative estimate of drug-likeness (QED) is 0.621. The molecule has 0 aliphatic carbocycles. The summed E-state index contributed by atoms with van der Waals surface area (Å²) in [7, 11) is 0. The zero-order chi connectivity index (χ0) is 12.1. The van der Waals surface area contributed by atoms with Crippen LogP contribution in [0, 0.1) is 0 Å². The number of nitrogens with one attached hydrogen (secondary N) is 1. The van der Waals surface area contributed by atoms with Crippen molar-refractivity contribution in [3.63, 3.8) is 0 Å². The molecule has 1 aromatic carbocycles. The smallest absolute Gasteiger partial charge is 0.119 e. The molecule has 0 bridgehead atoms. The number of rotatable bonds is 5. The van der Waals surface area contributed by atoms with Gasteiger partial charge >= 0.3 is 0 Å². The standard InChI is InChI=1S/C11H14N4OS/c1-2-16-9-5-3-4-8(6-9)11(14-12)10-7-13-17-15-10/h3-7,11,14H,2,12H2,1H3. The molecule has 0 radical (unpaired) electrons. The van der Waals surface area contributed by atoms with E-state index < -0.39 is 0 Å². The van der Waals surface area contributed by atoms with Crippen LogP contribution in [0.4, 0.5) is 0 Å². The highest BCUT2D eigenvalue weighted by Crippen LogP contribution is 2.23. The van der Waals surface area contributed by atoms with Gasteiger partial charge in [-0.3, -0.25) is 5.84 Å². The summed E-state index contributed by atoms with van der Waals surface area (Å²) < 4.78 is 13.6. The van der Waals surface area contributed by atoms with Crippen molar-refractivity contribution >= 4 is 11.7 Å². The van der Waals surface area contributed by atoms with Gasteiger partial charge in [0.15, 0.2) is 0 Å². The van der Waals surface area contributed by atoms with E-state index >= 15 is 0 Å². The fraction of sp³-hybridized carbons (Fsp3) is 0.273. The third kappa shape index (κ3) is 2.79. The number of hydrogen-bond acceptors (Lipinski definition) is 6. The van der Waals surface area contributed by atoms with E-state index in [0.29, 0.717) is 6.61 Å². The van der Waals surface area contributed by atoms with Crippen molar-refractivity contribution < 1.29 is 4.74 Å². The summed E-state index contributed by atoms with van der Waals surface area (Å²) in [5, 5.41) is 0. The second kappa shape index (κ2) is 5.72. The molecule has 1 heterocycles. The highest BCUT2D eigenvalue weighted by Gasteiger charge is 2.15. The minimum absolute atomic E-state index is 0.158. The molecule has 0 amide bonds. The lowest BCUT2D eigenvalue weighted by Gasteiger charge is -2.14. The molecule has 0 saturated heterocycles. The summed E-state index contributed by atoms with van der Waals surface area (Å²) in [6, 6.07) is 7.62. The number of benzene rings is 1. The van der Waals surface area contributed by atoms with E-state index in [9.17, 15) is 0 Å². The molecule has 5 nitrogen and oxygen atoms in total. The number of nitrogens with two attached hydrogens (primary N) is 1. The summed E-state index contributed by atoms with van der Waals surface area (Å²) in [5.74, 6) is 6.39. The molecule has 1 atom stereocenters. The molecule has 6 heteroatoms. The maximum absolute atomic E-state index is 5.57. The first-order chi connectivity index (χ1) is 8.35. The van der Waals surface area contributed by atoms with E-state index in [0.717, 1.165) is 17.0 Å². The Labute approximate surface area is 104 Å². The zero-order valence-electron chi connectivity index (χ0n) is 9.46. The Balaban J connectivity index is 2.28. The SMILES string of the molecule is CCOc1cccc(C(NN)c2cnsn2)c1. The maximum atomic E-state index is 5.57. The molecule has 3 N–H and O–H groups in total. The minimum atomic E-state index is -0.158. The fourth-order valence-electron chi connectivity index (χ4n) is 1.60. The van der Waals surface area contributed by atoms with Gasteiger partial charge in [-0.2, -0.15) is 8.75 Å². The first kappa shape index (κ1) is 12.0. The predicted octanol–water partition coefficient (Wildman–Crippen LogP) is 1.49. The molecule has 2 aromatic rings. The number of hydrazine groups is 1. The molecule has 0 spiro atoms. The van der Waals surface area contributed by atoms with Crippen molar-refractivity contribution in [3.8, 4) is 5.75 Å². The number of nitrogens with zero attached hydrogens (tertiary/aromatic N) is 2. The van der Waals surface area contributed by atoms with Crippen LogP contribution in [-0.4, -0.2) is 15.4 Å². The molecular formula is C11H14N4OS. The summed E-state index contributed by atoms with van der Waals surface area (Å²) >= 11 is 1.17. The van der Waals surface area contributed by atoms with Crippen LogP contribution in [0.5, 0.6) is 5.75 Å². The molecular weight excluding hydrogens is 236 g/mol. The van der Waals surface area contributed by atoms with E-state index in [2.05, 4.69) is 14.2 Å². The van der Waals surface area contributed by atoms with Gasteiger partial charge < -0.3 is 4.74 Å². The van der Waals surface area contributed by atoms with Gasteiger partial charge in [0.05, 0.1) is 36.3 Å². The number of aromatic nitrogens is 2. The molecule has 0 saturated carbocycles. The van der Waals surface area contributed by atoms with Gasteiger partial charge in [0, 0.05) is 0 Å². The minimum Gasteiger partial charge on any atom is -0.494 e. The van der Waals surface area contributed by atoms with Crippen LogP contribution in [0.15, 0.2) is 30.5 Å². The van der Waals surface area contributed by atoms with Gasteiger partial charge in [0.1, 0.15) is 5.75 Å². The first-order valence-electron chi connectivity index (χ1n) is 5.31. The molecule has 17 heavy (non-hydrogen) atoms. The van der Waals surface area contributed by atoms with E-state index in [-0.39, 0.29) is 6.04 Å². The maximum Gasteiger partial charge on any atom is 0.119 e. The average Bonchev–Trinajstić information content (AvgIpc) is 2.85. The van der Waals surface area contributed by atoms with Crippen molar-refractivity contribution in [2.75, 3.05) is 6.61 Å². The van der Waals surface area contributed by atoms with Gasteiger partial charge in [-0.15, -0.1) is 0 Å². The van der Waals surface area contributed by atoms with Crippen molar-refractivity contribution in [1.82, 2.24) is 14.2 Å². The summed E-state index contributed by atoms with van der Waals surface area (Å²) in [4.78, 5) is 0. The lowest BCUT2D eigenvalue weighted by Crippen LogP contribution is -2.29. The summed E-state index contributed by atoms with van der Waals surface area (Å²) in [6.45, 7) is 2.60. The molecule has 1 aromatic heterocycles. The first-order valence-corrected chi connectivity index (χ1v) is 6.04. The number of ether oxygens (including phenoxy) is 1. The van der Waals surface area contributed by atoms with Crippen molar-refractivity contribution in [2.45, 2.75) is 13.0 Å². The van der Waals surface area contributed by atoms with Gasteiger partial charge in [0.2, 0.25) is 0 Å². The van der Waals surface area contributed by atoms with Crippen molar-refractivity contribution in [2.24, 2.45) is 5.84 Å². The monoisotopic (exact) mass is 250 g/mol. The third-order valence-corrected chi connectivity index (χ3v) is 2.84. The fourth-order valence-corrected chi connectivity index (χ4v) is 2.05. The highest BCUT2D eigenvalue weighted by molar-refractivity contribution is 6.99. The highest BCUT2D eigenvalue weighted by atomic mass is 32.1. The lowest BCUT2D eigenvalue weighted by atomic mass is 10.0. The largest absolute Gasteiger partial charge is 0.494 e. The van der Waals surface area contributed by atoms with E-state index in [1.165, 1.54) is 11.7 Å². The van der Waals surface area contributed by atoms with Crippen LogP contribution in [0.3, 0.4) is 0 Å². The van der Waals surface area contributed by atoms with Crippen molar-refractivity contribution in [1.29, 1.82) is 0 Å². The molecule has 0 fully saturated rings. The van der Waals surface area contributed by atoms with E-state index in [1.807, 2.05) is 31.2 Å². The summed E-state index contributed by atoms with van der Waals surface area (Å²) in [5.41, 5.74) is 4.56. The van der Waals surface area contributed by atoms with Crippen molar-refractivity contribution in [3.05, 3.63) is 41.7 Å². The van der Waals surface area contributed by atoms with Crippen LogP contribution in [0.1, 0.15) is 24.2 Å². The van der Waals surface area contributed by atoms with Crippen LogP contribution in [0.2, 0.25) is 0 Å². The van der Waals surface area contributed by atoms with Gasteiger partial charge in [-0.1, -0.05) is 12.1 Å². The van der Waals surface area contributed by atoms with Crippen LogP contribution < -0.4 is 16.0 Å². The molecule has 1 unspecified atom stereocenters. The zero-order valence-corrected chi connectivity index (χ0v) is 10.3. The average molecular weight is 250 g/mol. The predicted molar refractivity (Wildman–Crippen MR) is 66.7 cm³/mol. The Morgan fingerprint density at radius 2 is 2.41 bits per heavy atom. The topological polar surface area (TPSA) is 73.1 Å². The van der Waals surface area contributed by atoms with Crippen LogP contribution in [0.25, 0.3) is 0 Å². The Hall–Kier alpha value is -1.50. The molecule has 0 aliphatic rings. The Kier molecular flexibility index (Phi) is 4.03. The van der Waals surface area contributed by atoms with E-state index in [4.69, 9.17) is 10.6 Å². The van der Waals surface area contributed by atoms with Gasteiger partial charge in [0.25, 0.3) is 0 Å². The second-order valence-electron chi connectivity index (χ2n) is 3.44. The van der Waals surface area contributed by atoms with Crippen LogP contribution in [-0.2, 0) is 0 Å². The van der Waals surface area contributed by atoms with Gasteiger partial charge in [-0.05, 0) is 24.6 Å². The molecule has 0 aliphatic heterocycles. The Morgan fingerprint density at radius 3 is 3.06 bits per heavy atom. The normalized spacial score (nSPS) is 12.4. The van der Waals surface area contributed by atoms with E-state index in [1.54, 1.807) is 6.20 Å². The number of hydrogen-bond donors (Lipinski definition) is 2. The third-order valence-electron chi connectivity index (χ3n) is 2.34. The van der Waals surface area contributed by atoms with Crippen LogP contribution >= 0.6 is 11.7 Å². The Bertz CT molecular complexity index is 460. The molecule has 2 rings (SSSR count). The Morgan fingerprint density at radius 1 is 1.53 bits per heavy atom. The van der Waals surface area contributed by atoms with Gasteiger partial charge in [-0.25, -0.2) is 5.43 Å². The lowest BCUT2D eigenvalue weighted by molar-refractivity contribution is 0.339. The second-order valence-corrected chi connectivity index (χ2v) is 3.99. The molecule has 90 valence electrons.